The Balaban J connectivity index is 1.41. The van der Waals surface area contributed by atoms with Crippen LogP contribution in [0.2, 0.25) is 0 Å². The van der Waals surface area contributed by atoms with Gasteiger partial charge in [-0.1, -0.05) is 36.0 Å². The molecule has 0 amide bonds. The predicted octanol–water partition coefficient (Wildman–Crippen LogP) is 3.66. The lowest BCUT2D eigenvalue weighted by Gasteiger charge is -2.06. The fraction of sp³-hybridized carbons (Fsp3) is 0.222. The van der Waals surface area contributed by atoms with Crippen molar-refractivity contribution in [3.8, 4) is 0 Å². The Bertz CT molecular complexity index is 919. The highest BCUT2D eigenvalue weighted by atomic mass is 32.2. The van der Waals surface area contributed by atoms with Gasteiger partial charge in [-0.25, -0.2) is 9.97 Å². The number of aryl methyl sites for hydroxylation is 2. The van der Waals surface area contributed by atoms with E-state index in [0.717, 1.165) is 40.0 Å². The molecule has 0 saturated carbocycles. The minimum absolute atomic E-state index is 0.838. The summed E-state index contributed by atoms with van der Waals surface area (Å²) < 4.78 is 4.24. The van der Waals surface area contributed by atoms with Crippen molar-refractivity contribution in [2.75, 3.05) is 17.6 Å². The molecule has 2 heterocycles. The van der Waals surface area contributed by atoms with E-state index >= 15 is 0 Å². The maximum absolute atomic E-state index is 4.69. The molecule has 0 radical (unpaired) electrons. The van der Waals surface area contributed by atoms with E-state index in [1.807, 2.05) is 37.4 Å². The van der Waals surface area contributed by atoms with E-state index in [4.69, 9.17) is 0 Å². The standard InChI is InChI=1S/C18H19N5S/c1-22-15-9-5-3-7-13(15)20-17(22)19-11-12-24-18-21-14-8-4-6-10-16(14)23(18)2/h3-10H,11-12H2,1-2H3,(H,19,20). The summed E-state index contributed by atoms with van der Waals surface area (Å²) >= 11 is 1.76. The summed E-state index contributed by atoms with van der Waals surface area (Å²) in [7, 11) is 4.10. The minimum atomic E-state index is 0.838. The predicted molar refractivity (Wildman–Crippen MR) is 101 cm³/mol. The smallest absolute Gasteiger partial charge is 0.203 e. The molecule has 0 saturated heterocycles. The molecular weight excluding hydrogens is 318 g/mol. The van der Waals surface area contributed by atoms with Crippen molar-refractivity contribution in [1.82, 2.24) is 19.1 Å². The van der Waals surface area contributed by atoms with E-state index in [1.54, 1.807) is 11.8 Å². The van der Waals surface area contributed by atoms with Crippen molar-refractivity contribution in [1.29, 1.82) is 0 Å². The van der Waals surface area contributed by atoms with Crippen molar-refractivity contribution >= 4 is 39.8 Å². The quantitative estimate of drug-likeness (QED) is 0.446. The van der Waals surface area contributed by atoms with Crippen LogP contribution in [0, 0.1) is 0 Å². The largest absolute Gasteiger partial charge is 0.355 e. The molecule has 122 valence electrons. The fourth-order valence-corrected chi connectivity index (χ4v) is 3.70. The molecule has 2 aromatic heterocycles. The van der Waals surface area contributed by atoms with E-state index in [0.29, 0.717) is 0 Å². The van der Waals surface area contributed by atoms with Gasteiger partial charge < -0.3 is 14.5 Å². The number of imidazole rings is 2. The second-order valence-corrected chi connectivity index (χ2v) is 6.76. The lowest BCUT2D eigenvalue weighted by Crippen LogP contribution is -2.09. The van der Waals surface area contributed by atoms with Gasteiger partial charge in [-0.05, 0) is 24.3 Å². The number of fused-ring (bicyclic) bond motifs is 2. The number of nitrogens with zero attached hydrogens (tertiary/aromatic N) is 4. The van der Waals surface area contributed by atoms with Crippen LogP contribution in [0.3, 0.4) is 0 Å². The average molecular weight is 337 g/mol. The van der Waals surface area contributed by atoms with Gasteiger partial charge in [0.25, 0.3) is 0 Å². The number of hydrogen-bond acceptors (Lipinski definition) is 4. The molecule has 0 atom stereocenters. The molecule has 4 rings (SSSR count). The van der Waals surface area contributed by atoms with Gasteiger partial charge in [0.1, 0.15) is 0 Å². The molecule has 0 fully saturated rings. The molecule has 6 heteroatoms. The first kappa shape index (κ1) is 15.1. The molecule has 0 aliphatic rings. The van der Waals surface area contributed by atoms with Crippen LogP contribution in [0.4, 0.5) is 5.95 Å². The highest BCUT2D eigenvalue weighted by Crippen LogP contribution is 2.23. The number of para-hydroxylation sites is 4. The fourth-order valence-electron chi connectivity index (χ4n) is 2.86. The van der Waals surface area contributed by atoms with E-state index in [2.05, 4.69) is 49.7 Å². The molecule has 4 aromatic rings. The van der Waals surface area contributed by atoms with Gasteiger partial charge >= 0.3 is 0 Å². The molecule has 2 aromatic carbocycles. The third-order valence-electron chi connectivity index (χ3n) is 4.15. The zero-order valence-corrected chi connectivity index (χ0v) is 14.5. The number of benzene rings is 2. The van der Waals surface area contributed by atoms with E-state index in [-0.39, 0.29) is 0 Å². The van der Waals surface area contributed by atoms with Crippen molar-refractivity contribution in [3.63, 3.8) is 0 Å². The summed E-state index contributed by atoms with van der Waals surface area (Å²) in [4.78, 5) is 9.32. The lowest BCUT2D eigenvalue weighted by molar-refractivity contribution is 0.815. The van der Waals surface area contributed by atoms with Gasteiger partial charge in [-0.3, -0.25) is 0 Å². The highest BCUT2D eigenvalue weighted by Gasteiger charge is 2.08. The molecule has 0 aliphatic carbocycles. The van der Waals surface area contributed by atoms with Crippen molar-refractivity contribution in [3.05, 3.63) is 48.5 Å². The zero-order valence-electron chi connectivity index (χ0n) is 13.7. The molecule has 0 aliphatic heterocycles. The van der Waals surface area contributed by atoms with Crippen LogP contribution >= 0.6 is 11.8 Å². The number of thioether (sulfide) groups is 1. The van der Waals surface area contributed by atoms with Crippen LogP contribution in [0.15, 0.2) is 53.7 Å². The Morgan fingerprint density at radius 3 is 2.17 bits per heavy atom. The number of hydrogen-bond donors (Lipinski definition) is 1. The highest BCUT2D eigenvalue weighted by molar-refractivity contribution is 7.99. The minimum Gasteiger partial charge on any atom is -0.355 e. The molecule has 5 nitrogen and oxygen atoms in total. The van der Waals surface area contributed by atoms with Crippen LogP contribution in [0.25, 0.3) is 22.1 Å². The van der Waals surface area contributed by atoms with Crippen LogP contribution in [0.5, 0.6) is 0 Å². The van der Waals surface area contributed by atoms with E-state index < -0.39 is 0 Å². The second-order valence-electron chi connectivity index (χ2n) is 5.70. The van der Waals surface area contributed by atoms with Gasteiger partial charge in [0.15, 0.2) is 5.16 Å². The summed E-state index contributed by atoms with van der Waals surface area (Å²) in [6.45, 7) is 0.838. The van der Waals surface area contributed by atoms with Crippen LogP contribution < -0.4 is 5.32 Å². The number of nitrogens with one attached hydrogen (secondary N) is 1. The van der Waals surface area contributed by atoms with Gasteiger partial charge in [0, 0.05) is 26.4 Å². The first-order chi connectivity index (χ1) is 11.7. The van der Waals surface area contributed by atoms with Crippen LogP contribution in [-0.2, 0) is 14.1 Å². The topological polar surface area (TPSA) is 47.7 Å². The Kier molecular flexibility index (Phi) is 3.90. The van der Waals surface area contributed by atoms with Crippen molar-refractivity contribution in [2.45, 2.75) is 5.16 Å². The molecule has 24 heavy (non-hydrogen) atoms. The molecular formula is C18H19N5S. The van der Waals surface area contributed by atoms with Gasteiger partial charge in [0.05, 0.1) is 22.1 Å². The molecule has 0 bridgehead atoms. The van der Waals surface area contributed by atoms with Crippen molar-refractivity contribution in [2.24, 2.45) is 14.1 Å². The summed E-state index contributed by atoms with van der Waals surface area (Å²) in [6.07, 6.45) is 0. The SMILES string of the molecule is Cn1c(NCCSc2nc3ccccc3n2C)nc2ccccc21. The van der Waals surface area contributed by atoms with E-state index in [1.165, 1.54) is 5.52 Å². The summed E-state index contributed by atoms with van der Waals surface area (Å²) in [5, 5.41) is 4.46. The average Bonchev–Trinajstić information content (AvgIpc) is 3.10. The normalized spacial score (nSPS) is 11.4. The molecule has 1 N–H and O–H groups in total. The Labute approximate surface area is 144 Å². The Morgan fingerprint density at radius 1 is 0.875 bits per heavy atom. The zero-order chi connectivity index (χ0) is 16.5. The van der Waals surface area contributed by atoms with Gasteiger partial charge in [-0.2, -0.15) is 0 Å². The summed E-state index contributed by atoms with van der Waals surface area (Å²) in [5.74, 6) is 1.84. The molecule has 0 unspecified atom stereocenters. The second kappa shape index (κ2) is 6.20. The maximum Gasteiger partial charge on any atom is 0.203 e. The lowest BCUT2D eigenvalue weighted by atomic mass is 10.3. The van der Waals surface area contributed by atoms with Crippen LogP contribution in [0.1, 0.15) is 0 Å². The van der Waals surface area contributed by atoms with Crippen molar-refractivity contribution < 1.29 is 0 Å². The summed E-state index contributed by atoms with van der Waals surface area (Å²) in [6, 6.07) is 16.4. The number of rotatable bonds is 5. The summed E-state index contributed by atoms with van der Waals surface area (Å²) in [5.41, 5.74) is 4.38. The maximum atomic E-state index is 4.69. The first-order valence-electron chi connectivity index (χ1n) is 7.93. The monoisotopic (exact) mass is 337 g/mol. The Morgan fingerprint density at radius 2 is 1.50 bits per heavy atom. The molecule has 0 spiro atoms. The Hall–Kier alpha value is -2.47. The van der Waals surface area contributed by atoms with Gasteiger partial charge in [0.2, 0.25) is 5.95 Å². The third kappa shape index (κ3) is 2.63. The first-order valence-corrected chi connectivity index (χ1v) is 8.92. The van der Waals surface area contributed by atoms with Gasteiger partial charge in [-0.15, -0.1) is 0 Å². The number of anilines is 1. The van der Waals surface area contributed by atoms with Crippen LogP contribution in [-0.4, -0.2) is 31.4 Å². The number of aromatic nitrogens is 4. The van der Waals surface area contributed by atoms with E-state index in [9.17, 15) is 0 Å². The third-order valence-corrected chi connectivity index (χ3v) is 5.18.